The average molecular weight is 193 g/mol. The molecule has 0 unspecified atom stereocenters. The number of hydrogen-bond acceptors (Lipinski definition) is 5. The Morgan fingerprint density at radius 1 is 1.43 bits per heavy atom. The first-order chi connectivity index (χ1) is 6.74. The molecule has 0 aliphatic carbocycles. The minimum atomic E-state index is 0.372. The lowest BCUT2D eigenvalue weighted by atomic mass is 10.4. The highest BCUT2D eigenvalue weighted by Gasteiger charge is 2.13. The summed E-state index contributed by atoms with van der Waals surface area (Å²) in [6.07, 6.45) is 1.40. The number of aromatic nitrogens is 4. The minimum absolute atomic E-state index is 0.372. The molecule has 2 heterocycles. The summed E-state index contributed by atoms with van der Waals surface area (Å²) in [5, 5.41) is 4.17. The first-order valence-corrected chi connectivity index (χ1v) is 4.30. The maximum Gasteiger partial charge on any atom is 0.239 e. The van der Waals surface area contributed by atoms with Gasteiger partial charge < -0.3 is 10.5 Å². The lowest BCUT2D eigenvalue weighted by Crippen LogP contribution is -1.99. The molecule has 0 aromatic carbocycles. The molecule has 2 N–H and O–H groups in total. The molecule has 0 fully saturated rings. The molecule has 0 aliphatic rings. The van der Waals surface area contributed by atoms with Crippen molar-refractivity contribution in [3.63, 3.8) is 0 Å². The summed E-state index contributed by atoms with van der Waals surface area (Å²) in [5.74, 6) is 0.994. The second-order valence-electron chi connectivity index (χ2n) is 2.82. The monoisotopic (exact) mass is 193 g/mol. The third-order valence-electron chi connectivity index (χ3n) is 1.88. The Balaban J connectivity index is 2.70. The predicted molar refractivity (Wildman–Crippen MR) is 51.9 cm³/mol. The fourth-order valence-corrected chi connectivity index (χ4v) is 1.29. The number of fused-ring (bicyclic) bond motifs is 1. The fraction of sp³-hybridized carbons (Fsp3) is 0.375. The van der Waals surface area contributed by atoms with Crippen molar-refractivity contribution in [1.29, 1.82) is 0 Å². The van der Waals surface area contributed by atoms with Crippen LogP contribution in [0.3, 0.4) is 0 Å². The standard InChI is InChI=1S/C8H11N5O/c1-3-14-8-6-5(12-13(8)2)7(9)11-4-10-6/h4H,3H2,1-2H3,(H2,9,10,11). The molecule has 0 atom stereocenters. The second-order valence-corrected chi connectivity index (χ2v) is 2.82. The van der Waals surface area contributed by atoms with E-state index in [9.17, 15) is 0 Å². The van der Waals surface area contributed by atoms with Gasteiger partial charge in [0, 0.05) is 7.05 Å². The van der Waals surface area contributed by atoms with Gasteiger partial charge in [0.1, 0.15) is 6.33 Å². The Labute approximate surface area is 80.7 Å². The quantitative estimate of drug-likeness (QED) is 0.744. The minimum Gasteiger partial charge on any atom is -0.477 e. The number of aryl methyl sites for hydroxylation is 1. The van der Waals surface area contributed by atoms with Gasteiger partial charge in [-0.1, -0.05) is 0 Å². The number of nitrogens with zero attached hydrogens (tertiary/aromatic N) is 4. The topological polar surface area (TPSA) is 78.8 Å². The summed E-state index contributed by atoms with van der Waals surface area (Å²) in [7, 11) is 1.78. The van der Waals surface area contributed by atoms with Gasteiger partial charge in [-0.3, -0.25) is 0 Å². The SMILES string of the molecule is CCOc1c2ncnc(N)c2nn1C. The molecule has 0 saturated carbocycles. The molecule has 2 aromatic rings. The Morgan fingerprint density at radius 2 is 2.21 bits per heavy atom. The van der Waals surface area contributed by atoms with E-state index < -0.39 is 0 Å². The highest BCUT2D eigenvalue weighted by Crippen LogP contribution is 2.24. The van der Waals surface area contributed by atoms with Gasteiger partial charge in [0.2, 0.25) is 5.88 Å². The molecule has 6 heteroatoms. The van der Waals surface area contributed by atoms with Crippen LogP contribution >= 0.6 is 0 Å². The normalized spacial score (nSPS) is 10.7. The summed E-state index contributed by atoms with van der Waals surface area (Å²) in [6, 6.07) is 0. The van der Waals surface area contributed by atoms with Crippen molar-refractivity contribution in [3.8, 4) is 5.88 Å². The molecule has 2 aromatic heterocycles. The Bertz CT molecular complexity index is 464. The van der Waals surface area contributed by atoms with Crippen LogP contribution in [0.25, 0.3) is 11.0 Å². The molecule has 0 spiro atoms. The molecular formula is C8H11N5O. The second kappa shape index (κ2) is 3.13. The van der Waals surface area contributed by atoms with Crippen LogP contribution in [0.4, 0.5) is 5.82 Å². The summed E-state index contributed by atoms with van der Waals surface area (Å²) >= 11 is 0. The van der Waals surface area contributed by atoms with Crippen LogP contribution in [0.2, 0.25) is 0 Å². The van der Waals surface area contributed by atoms with Crippen molar-refractivity contribution in [2.75, 3.05) is 12.3 Å². The van der Waals surface area contributed by atoms with Crippen LogP contribution in [0.15, 0.2) is 6.33 Å². The third kappa shape index (κ3) is 1.15. The fourth-order valence-electron chi connectivity index (χ4n) is 1.29. The van der Waals surface area contributed by atoms with E-state index in [1.54, 1.807) is 11.7 Å². The van der Waals surface area contributed by atoms with Gasteiger partial charge >= 0.3 is 0 Å². The number of nitrogens with two attached hydrogens (primary N) is 1. The summed E-state index contributed by atoms with van der Waals surface area (Å²) < 4.78 is 7.01. The lowest BCUT2D eigenvalue weighted by molar-refractivity contribution is 0.312. The number of nitrogen functional groups attached to an aromatic ring is 1. The van der Waals surface area contributed by atoms with E-state index >= 15 is 0 Å². The summed E-state index contributed by atoms with van der Waals surface area (Å²) in [4.78, 5) is 7.94. The van der Waals surface area contributed by atoms with Gasteiger partial charge in [0.05, 0.1) is 6.61 Å². The Kier molecular flexibility index (Phi) is 1.95. The van der Waals surface area contributed by atoms with E-state index in [4.69, 9.17) is 10.5 Å². The van der Waals surface area contributed by atoms with Crippen LogP contribution in [0, 0.1) is 0 Å². The predicted octanol–water partition coefficient (Wildman–Crippen LogP) is 0.344. The molecule has 74 valence electrons. The number of anilines is 1. The van der Waals surface area contributed by atoms with Crippen molar-refractivity contribution >= 4 is 16.9 Å². The van der Waals surface area contributed by atoms with Crippen molar-refractivity contribution in [2.24, 2.45) is 7.05 Å². The number of hydrogen-bond donors (Lipinski definition) is 1. The van der Waals surface area contributed by atoms with E-state index in [0.29, 0.717) is 29.3 Å². The van der Waals surface area contributed by atoms with Crippen LogP contribution in [-0.2, 0) is 7.05 Å². The zero-order chi connectivity index (χ0) is 10.1. The van der Waals surface area contributed by atoms with E-state index in [1.807, 2.05) is 6.92 Å². The van der Waals surface area contributed by atoms with E-state index in [0.717, 1.165) is 0 Å². The molecule has 0 bridgehead atoms. The van der Waals surface area contributed by atoms with Gasteiger partial charge in [0.25, 0.3) is 0 Å². The highest BCUT2D eigenvalue weighted by atomic mass is 16.5. The lowest BCUT2D eigenvalue weighted by Gasteiger charge is -2.01. The average Bonchev–Trinajstić information content (AvgIpc) is 2.47. The van der Waals surface area contributed by atoms with Gasteiger partial charge in [-0.25, -0.2) is 14.6 Å². The van der Waals surface area contributed by atoms with Crippen molar-refractivity contribution in [2.45, 2.75) is 6.92 Å². The third-order valence-corrected chi connectivity index (χ3v) is 1.88. The van der Waals surface area contributed by atoms with Crippen molar-refractivity contribution in [3.05, 3.63) is 6.33 Å². The number of ether oxygens (including phenoxy) is 1. The molecule has 6 nitrogen and oxygen atoms in total. The largest absolute Gasteiger partial charge is 0.477 e. The van der Waals surface area contributed by atoms with Crippen LogP contribution in [0.1, 0.15) is 6.92 Å². The van der Waals surface area contributed by atoms with Crippen LogP contribution in [-0.4, -0.2) is 26.4 Å². The van der Waals surface area contributed by atoms with Crippen molar-refractivity contribution in [1.82, 2.24) is 19.7 Å². The maximum absolute atomic E-state index is 5.65. The number of rotatable bonds is 2. The molecule has 14 heavy (non-hydrogen) atoms. The molecule has 0 aliphatic heterocycles. The van der Waals surface area contributed by atoms with Gasteiger partial charge in [-0.2, -0.15) is 5.10 Å². The molecular weight excluding hydrogens is 182 g/mol. The maximum atomic E-state index is 5.65. The first kappa shape index (κ1) is 8.74. The van der Waals surface area contributed by atoms with Gasteiger partial charge in [-0.15, -0.1) is 0 Å². The van der Waals surface area contributed by atoms with Gasteiger partial charge in [-0.05, 0) is 6.92 Å². The molecule has 2 rings (SSSR count). The molecule has 0 saturated heterocycles. The van der Waals surface area contributed by atoms with Gasteiger partial charge in [0.15, 0.2) is 16.9 Å². The van der Waals surface area contributed by atoms with Crippen molar-refractivity contribution < 1.29 is 4.74 Å². The summed E-state index contributed by atoms with van der Waals surface area (Å²) in [5.41, 5.74) is 6.89. The Hall–Kier alpha value is -1.85. The summed E-state index contributed by atoms with van der Waals surface area (Å²) in [6.45, 7) is 2.47. The van der Waals surface area contributed by atoms with E-state index in [1.165, 1.54) is 6.33 Å². The smallest absolute Gasteiger partial charge is 0.239 e. The molecule has 0 amide bonds. The molecule has 0 radical (unpaired) electrons. The van der Waals surface area contributed by atoms with Crippen LogP contribution < -0.4 is 10.5 Å². The zero-order valence-corrected chi connectivity index (χ0v) is 8.06. The van der Waals surface area contributed by atoms with Crippen LogP contribution in [0.5, 0.6) is 5.88 Å². The Morgan fingerprint density at radius 3 is 2.93 bits per heavy atom. The zero-order valence-electron chi connectivity index (χ0n) is 8.06. The van der Waals surface area contributed by atoms with E-state index in [-0.39, 0.29) is 0 Å². The first-order valence-electron chi connectivity index (χ1n) is 4.30. The highest BCUT2D eigenvalue weighted by molar-refractivity contribution is 5.87. The van der Waals surface area contributed by atoms with E-state index in [2.05, 4.69) is 15.1 Å².